The number of esters is 1. The van der Waals surface area contributed by atoms with Crippen molar-refractivity contribution in [1.82, 2.24) is 15.2 Å². The Morgan fingerprint density at radius 3 is 3.00 bits per heavy atom. The number of nitrogens with two attached hydrogens (primary N) is 1. The molecule has 0 atom stereocenters. The van der Waals surface area contributed by atoms with Gasteiger partial charge < -0.3 is 10.5 Å². The number of aromatic nitrogens is 3. The minimum Gasteiger partial charge on any atom is -0.460 e. The fourth-order valence-corrected chi connectivity index (χ4v) is 0.629. The van der Waals surface area contributed by atoms with Gasteiger partial charge in [0, 0.05) is 0 Å². The van der Waals surface area contributed by atoms with E-state index in [1.165, 1.54) is 0 Å². The molecule has 0 aliphatic carbocycles. The second kappa shape index (κ2) is 3.70. The number of carbonyl (C=O) groups is 1. The van der Waals surface area contributed by atoms with E-state index in [0.29, 0.717) is 6.61 Å². The van der Waals surface area contributed by atoms with E-state index in [4.69, 9.17) is 10.5 Å². The molecule has 0 bridgehead atoms. The van der Waals surface area contributed by atoms with Crippen molar-refractivity contribution in [2.75, 3.05) is 12.3 Å². The van der Waals surface area contributed by atoms with Gasteiger partial charge in [0.2, 0.25) is 11.8 Å². The number of nitrogens with zero attached hydrogens (tertiary/aromatic N) is 2. The first-order valence-corrected chi connectivity index (χ1v) is 3.59. The van der Waals surface area contributed by atoms with Crippen molar-refractivity contribution in [2.24, 2.45) is 0 Å². The van der Waals surface area contributed by atoms with E-state index in [2.05, 4.69) is 15.2 Å². The highest BCUT2D eigenvalue weighted by Crippen LogP contribution is 1.96. The van der Waals surface area contributed by atoms with E-state index in [1.807, 2.05) is 6.92 Å². The van der Waals surface area contributed by atoms with Gasteiger partial charge in [0.15, 0.2) is 0 Å². The molecule has 0 radical (unpaired) electrons. The van der Waals surface area contributed by atoms with Crippen LogP contribution in [0.15, 0.2) is 0 Å². The fraction of sp³-hybridized carbons (Fsp3) is 0.500. The van der Waals surface area contributed by atoms with Crippen LogP contribution in [0.4, 0.5) is 5.95 Å². The maximum atomic E-state index is 11.0. The van der Waals surface area contributed by atoms with Gasteiger partial charge >= 0.3 is 5.97 Å². The molecule has 0 saturated heterocycles. The van der Waals surface area contributed by atoms with Gasteiger partial charge in [-0.25, -0.2) is 4.79 Å². The fourth-order valence-electron chi connectivity index (χ4n) is 0.629. The monoisotopic (exact) mass is 170 g/mol. The summed E-state index contributed by atoms with van der Waals surface area (Å²) in [7, 11) is 0. The molecule has 0 aromatic carbocycles. The number of nitrogens with one attached hydrogen (secondary N) is 1. The van der Waals surface area contributed by atoms with Crippen molar-refractivity contribution >= 4 is 11.9 Å². The average Bonchev–Trinajstić information content (AvgIpc) is 2.47. The van der Waals surface area contributed by atoms with E-state index in [1.54, 1.807) is 0 Å². The van der Waals surface area contributed by atoms with Crippen LogP contribution in [0.5, 0.6) is 0 Å². The lowest BCUT2D eigenvalue weighted by Crippen LogP contribution is -2.07. The number of H-pyrrole nitrogens is 1. The standard InChI is InChI=1S/C6H10N4O2/c1-2-3-12-5(11)4-8-6(7)10-9-4/h2-3H2,1H3,(H3,7,8,9,10). The van der Waals surface area contributed by atoms with E-state index >= 15 is 0 Å². The van der Waals surface area contributed by atoms with Crippen LogP contribution in [0.1, 0.15) is 24.0 Å². The van der Waals surface area contributed by atoms with Gasteiger partial charge in [0.05, 0.1) is 6.61 Å². The Balaban J connectivity index is 2.53. The molecule has 0 saturated carbocycles. The Bertz CT molecular complexity index is 270. The number of ether oxygens (including phenoxy) is 1. The number of nitrogen functional groups attached to an aromatic ring is 1. The predicted molar refractivity (Wildman–Crippen MR) is 41.4 cm³/mol. The Kier molecular flexibility index (Phi) is 2.62. The number of hydrogen-bond donors (Lipinski definition) is 2. The number of aromatic amines is 1. The van der Waals surface area contributed by atoms with Crippen molar-refractivity contribution in [2.45, 2.75) is 13.3 Å². The van der Waals surface area contributed by atoms with Gasteiger partial charge in [-0.2, -0.15) is 4.98 Å². The second-order valence-corrected chi connectivity index (χ2v) is 2.18. The summed E-state index contributed by atoms with van der Waals surface area (Å²) in [4.78, 5) is 14.6. The predicted octanol–water partition coefficient (Wildman–Crippen LogP) is -0.0463. The third kappa shape index (κ3) is 1.94. The summed E-state index contributed by atoms with van der Waals surface area (Å²) >= 11 is 0. The normalized spacial score (nSPS) is 9.75. The molecule has 1 aromatic heterocycles. The molecule has 66 valence electrons. The maximum Gasteiger partial charge on any atom is 0.375 e. The van der Waals surface area contributed by atoms with Crippen LogP contribution in [0.3, 0.4) is 0 Å². The molecule has 3 N–H and O–H groups in total. The van der Waals surface area contributed by atoms with E-state index in [9.17, 15) is 4.79 Å². The molecule has 0 aliphatic rings. The molecule has 0 amide bonds. The van der Waals surface area contributed by atoms with Crippen LogP contribution in [0.2, 0.25) is 0 Å². The topological polar surface area (TPSA) is 93.9 Å². The summed E-state index contributed by atoms with van der Waals surface area (Å²) in [5.41, 5.74) is 5.18. The van der Waals surface area contributed by atoms with Crippen LogP contribution in [0, 0.1) is 0 Å². The molecular formula is C6H10N4O2. The molecule has 12 heavy (non-hydrogen) atoms. The molecule has 1 rings (SSSR count). The summed E-state index contributed by atoms with van der Waals surface area (Å²) < 4.78 is 4.76. The van der Waals surface area contributed by atoms with Gasteiger partial charge in [0.1, 0.15) is 0 Å². The van der Waals surface area contributed by atoms with Gasteiger partial charge in [-0.05, 0) is 6.42 Å². The maximum absolute atomic E-state index is 11.0. The molecular weight excluding hydrogens is 160 g/mol. The first-order chi connectivity index (χ1) is 5.74. The lowest BCUT2D eigenvalue weighted by Gasteiger charge is -1.97. The average molecular weight is 170 g/mol. The van der Waals surface area contributed by atoms with E-state index < -0.39 is 5.97 Å². The summed E-state index contributed by atoms with van der Waals surface area (Å²) in [6.45, 7) is 2.28. The van der Waals surface area contributed by atoms with Crippen molar-refractivity contribution in [1.29, 1.82) is 0 Å². The molecule has 1 heterocycles. The highest BCUT2D eigenvalue weighted by atomic mass is 16.5. The number of hydrogen-bond acceptors (Lipinski definition) is 5. The third-order valence-electron chi connectivity index (χ3n) is 1.13. The zero-order valence-electron chi connectivity index (χ0n) is 6.70. The third-order valence-corrected chi connectivity index (χ3v) is 1.13. The van der Waals surface area contributed by atoms with Crippen molar-refractivity contribution in [3.63, 3.8) is 0 Å². The van der Waals surface area contributed by atoms with Gasteiger partial charge in [-0.1, -0.05) is 6.92 Å². The molecule has 0 fully saturated rings. The summed E-state index contributed by atoms with van der Waals surface area (Å²) in [6.07, 6.45) is 0.773. The molecule has 0 spiro atoms. The highest BCUT2D eigenvalue weighted by molar-refractivity contribution is 5.85. The lowest BCUT2D eigenvalue weighted by molar-refractivity contribution is 0.0491. The minimum atomic E-state index is -0.527. The summed E-state index contributed by atoms with van der Waals surface area (Å²) in [5.74, 6) is -0.444. The Morgan fingerprint density at radius 2 is 2.50 bits per heavy atom. The van der Waals surface area contributed by atoms with Gasteiger partial charge in [-0.3, -0.25) is 5.10 Å². The molecule has 6 nitrogen and oxygen atoms in total. The van der Waals surface area contributed by atoms with Crippen LogP contribution in [0.25, 0.3) is 0 Å². The smallest absolute Gasteiger partial charge is 0.375 e. The quantitative estimate of drug-likeness (QED) is 0.620. The van der Waals surface area contributed by atoms with Crippen LogP contribution in [-0.2, 0) is 4.74 Å². The Labute approximate surface area is 69.1 Å². The number of carbonyl (C=O) groups excluding carboxylic acids is 1. The van der Waals surface area contributed by atoms with Crippen molar-refractivity contribution in [3.05, 3.63) is 5.82 Å². The first kappa shape index (κ1) is 8.51. The van der Waals surface area contributed by atoms with Gasteiger partial charge in [-0.15, -0.1) is 5.10 Å². The first-order valence-electron chi connectivity index (χ1n) is 3.59. The van der Waals surface area contributed by atoms with Crippen LogP contribution in [-0.4, -0.2) is 27.8 Å². The highest BCUT2D eigenvalue weighted by Gasteiger charge is 2.10. The SMILES string of the molecule is CCCOC(=O)c1nc(N)n[nH]1. The van der Waals surface area contributed by atoms with E-state index in [0.717, 1.165) is 6.42 Å². The minimum absolute atomic E-state index is 0.0402. The van der Waals surface area contributed by atoms with E-state index in [-0.39, 0.29) is 11.8 Å². The molecule has 1 aromatic rings. The summed E-state index contributed by atoms with van der Waals surface area (Å²) in [5, 5.41) is 5.84. The van der Waals surface area contributed by atoms with Crippen LogP contribution >= 0.6 is 0 Å². The molecule has 0 aliphatic heterocycles. The summed E-state index contributed by atoms with van der Waals surface area (Å²) in [6, 6.07) is 0. The van der Waals surface area contributed by atoms with Crippen LogP contribution < -0.4 is 5.73 Å². The second-order valence-electron chi connectivity index (χ2n) is 2.18. The Morgan fingerprint density at radius 1 is 1.75 bits per heavy atom. The molecule has 0 unspecified atom stereocenters. The lowest BCUT2D eigenvalue weighted by atomic mass is 10.5. The van der Waals surface area contributed by atoms with Crippen molar-refractivity contribution in [3.8, 4) is 0 Å². The number of rotatable bonds is 3. The molecule has 6 heteroatoms. The zero-order valence-corrected chi connectivity index (χ0v) is 6.70. The van der Waals surface area contributed by atoms with Crippen molar-refractivity contribution < 1.29 is 9.53 Å². The Hall–Kier alpha value is -1.59. The van der Waals surface area contributed by atoms with Gasteiger partial charge in [0.25, 0.3) is 0 Å². The number of anilines is 1. The largest absolute Gasteiger partial charge is 0.460 e. The zero-order chi connectivity index (χ0) is 8.97.